The van der Waals surface area contributed by atoms with Crippen LogP contribution in [0.5, 0.6) is 0 Å². The third-order valence-electron chi connectivity index (χ3n) is 6.44. The summed E-state index contributed by atoms with van der Waals surface area (Å²) < 4.78 is 0. The van der Waals surface area contributed by atoms with Crippen LogP contribution in [0.2, 0.25) is 0 Å². The molecule has 0 saturated heterocycles. The molecule has 1 heterocycles. The molecule has 2 aliphatic carbocycles. The maximum absolute atomic E-state index is 13.4. The maximum atomic E-state index is 13.4. The number of aliphatic carboxylic acids is 1. The van der Waals surface area contributed by atoms with Gasteiger partial charge in [0.05, 0.1) is 12.5 Å². The molecule has 0 amide bonds. The zero-order valence-corrected chi connectivity index (χ0v) is 21.1. The molecule has 0 saturated carbocycles. The van der Waals surface area contributed by atoms with E-state index >= 15 is 0 Å². The van der Waals surface area contributed by atoms with E-state index in [0.717, 1.165) is 17.0 Å². The third kappa shape index (κ3) is 4.46. The molecule has 1 aromatic carbocycles. The summed E-state index contributed by atoms with van der Waals surface area (Å²) in [5, 5.41) is 11.7. The van der Waals surface area contributed by atoms with Crippen molar-refractivity contribution in [3.05, 3.63) is 58.4 Å². The SMILES string of the molecule is CC1(C)CC(=O)C2=C(C1)N(CC(=O)[O-])C1=C(C(=O)CC(C)(C)C1)C2c1ccccc1.[Na+]. The normalized spacial score (nSPS) is 22.6. The number of benzene rings is 1. The summed E-state index contributed by atoms with van der Waals surface area (Å²) >= 11 is 0. The van der Waals surface area contributed by atoms with Crippen LogP contribution in [-0.4, -0.2) is 29.0 Å². The van der Waals surface area contributed by atoms with Gasteiger partial charge in [0, 0.05) is 41.3 Å². The van der Waals surface area contributed by atoms with Crippen molar-refractivity contribution >= 4 is 17.5 Å². The van der Waals surface area contributed by atoms with Gasteiger partial charge in [0.2, 0.25) is 0 Å². The fourth-order valence-corrected chi connectivity index (χ4v) is 5.35. The Morgan fingerprint density at radius 1 is 0.903 bits per heavy atom. The summed E-state index contributed by atoms with van der Waals surface area (Å²) in [5.41, 5.74) is 3.05. The first-order valence-electron chi connectivity index (χ1n) is 10.5. The molecule has 0 aromatic heterocycles. The van der Waals surface area contributed by atoms with E-state index in [1.807, 2.05) is 58.0 Å². The van der Waals surface area contributed by atoms with Crippen LogP contribution >= 0.6 is 0 Å². The maximum Gasteiger partial charge on any atom is 1.00 e. The summed E-state index contributed by atoms with van der Waals surface area (Å²) in [6.45, 7) is 7.78. The fourth-order valence-electron chi connectivity index (χ4n) is 5.35. The van der Waals surface area contributed by atoms with Crippen LogP contribution in [-0.2, 0) is 14.4 Å². The van der Waals surface area contributed by atoms with Crippen LogP contribution in [0.1, 0.15) is 64.9 Å². The second kappa shape index (κ2) is 8.34. The molecule has 5 nitrogen and oxygen atoms in total. The number of Topliss-reactive ketones (excluding diaryl/α,β-unsaturated/α-hetero) is 2. The van der Waals surface area contributed by atoms with Gasteiger partial charge in [-0.2, -0.15) is 0 Å². The standard InChI is InChI=1S/C25H29NO4.Na/c1-24(2)10-16-22(18(27)12-24)21(15-8-6-5-7-9-15)23-17(26(16)14-20(29)30)11-25(3,4)13-19(23)28;/h5-9,21H,10-14H2,1-4H3,(H,29,30);/q;+1/p-1. The topological polar surface area (TPSA) is 77.5 Å². The van der Waals surface area contributed by atoms with Crippen molar-refractivity contribution in [2.75, 3.05) is 6.54 Å². The van der Waals surface area contributed by atoms with E-state index in [9.17, 15) is 19.5 Å². The number of nitrogens with zero attached hydrogens (tertiary/aromatic N) is 1. The number of hydrogen-bond donors (Lipinski definition) is 0. The Bertz CT molecular complexity index is 950. The van der Waals surface area contributed by atoms with Gasteiger partial charge in [0.15, 0.2) is 11.6 Å². The van der Waals surface area contributed by atoms with Crippen molar-refractivity contribution in [1.29, 1.82) is 0 Å². The molecule has 0 atom stereocenters. The molecule has 0 fully saturated rings. The smallest absolute Gasteiger partial charge is 0.548 e. The van der Waals surface area contributed by atoms with Crippen molar-refractivity contribution < 1.29 is 49.0 Å². The second-order valence-electron chi connectivity index (χ2n) is 10.4. The number of carboxylic acids is 1. The van der Waals surface area contributed by atoms with Gasteiger partial charge in [-0.05, 0) is 29.2 Å². The van der Waals surface area contributed by atoms with Crippen LogP contribution in [0.3, 0.4) is 0 Å². The van der Waals surface area contributed by atoms with Crippen LogP contribution in [0, 0.1) is 10.8 Å². The Morgan fingerprint density at radius 3 is 1.77 bits per heavy atom. The average Bonchev–Trinajstić information content (AvgIpc) is 2.61. The summed E-state index contributed by atoms with van der Waals surface area (Å²) in [7, 11) is 0. The molecule has 3 aliphatic rings. The summed E-state index contributed by atoms with van der Waals surface area (Å²) in [6.07, 6.45) is 1.96. The quantitative estimate of drug-likeness (QED) is 0.639. The molecule has 0 N–H and O–H groups in total. The van der Waals surface area contributed by atoms with Gasteiger partial charge in [-0.3, -0.25) is 9.59 Å². The molecule has 158 valence electrons. The van der Waals surface area contributed by atoms with E-state index in [1.165, 1.54) is 0 Å². The largest absolute Gasteiger partial charge is 1.00 e. The van der Waals surface area contributed by atoms with Crippen LogP contribution in [0.25, 0.3) is 0 Å². The first-order valence-corrected chi connectivity index (χ1v) is 10.5. The van der Waals surface area contributed by atoms with Crippen molar-refractivity contribution in [3.63, 3.8) is 0 Å². The average molecular weight is 429 g/mol. The van der Waals surface area contributed by atoms with Gasteiger partial charge in [-0.25, -0.2) is 0 Å². The molecule has 1 aromatic rings. The Hall–Kier alpha value is -1.69. The van der Waals surface area contributed by atoms with Gasteiger partial charge >= 0.3 is 29.6 Å². The van der Waals surface area contributed by atoms with Gasteiger partial charge in [-0.15, -0.1) is 0 Å². The number of carboxylic acid groups (broad SMARTS) is 1. The predicted octanol–water partition coefficient (Wildman–Crippen LogP) is 0.126. The van der Waals surface area contributed by atoms with Gasteiger partial charge < -0.3 is 14.8 Å². The molecule has 6 heteroatoms. The molecule has 0 unspecified atom stereocenters. The van der Waals surface area contributed by atoms with E-state index in [1.54, 1.807) is 4.90 Å². The van der Waals surface area contributed by atoms with Crippen molar-refractivity contribution in [2.24, 2.45) is 10.8 Å². The summed E-state index contributed by atoms with van der Waals surface area (Å²) in [4.78, 5) is 40.2. The molecule has 0 spiro atoms. The van der Waals surface area contributed by atoms with E-state index in [4.69, 9.17) is 0 Å². The first-order chi connectivity index (χ1) is 14.0. The van der Waals surface area contributed by atoms with E-state index < -0.39 is 11.9 Å². The van der Waals surface area contributed by atoms with Gasteiger partial charge in [0.25, 0.3) is 0 Å². The number of hydrogen-bond acceptors (Lipinski definition) is 5. The minimum atomic E-state index is -1.21. The number of ketones is 2. The van der Waals surface area contributed by atoms with Crippen molar-refractivity contribution in [1.82, 2.24) is 4.90 Å². The van der Waals surface area contributed by atoms with Gasteiger partial charge in [-0.1, -0.05) is 58.0 Å². The van der Waals surface area contributed by atoms with Gasteiger partial charge in [0.1, 0.15) is 0 Å². The number of carbonyl (C=O) groups excluding carboxylic acids is 3. The molecular weight excluding hydrogens is 401 g/mol. The minimum Gasteiger partial charge on any atom is -0.548 e. The number of allylic oxidation sites excluding steroid dienone is 4. The van der Waals surface area contributed by atoms with E-state index in [-0.39, 0.29) is 58.5 Å². The number of rotatable bonds is 3. The summed E-state index contributed by atoms with van der Waals surface area (Å²) in [5.74, 6) is -1.63. The van der Waals surface area contributed by atoms with Crippen LogP contribution < -0.4 is 34.7 Å². The van der Waals surface area contributed by atoms with Crippen LogP contribution in [0.4, 0.5) is 0 Å². The van der Waals surface area contributed by atoms with E-state index in [2.05, 4.69) is 0 Å². The van der Waals surface area contributed by atoms with Crippen molar-refractivity contribution in [2.45, 2.75) is 59.3 Å². The zero-order valence-electron chi connectivity index (χ0n) is 19.1. The zero-order chi connectivity index (χ0) is 21.8. The fraction of sp³-hybridized carbons (Fsp3) is 0.480. The monoisotopic (exact) mass is 429 g/mol. The molecule has 31 heavy (non-hydrogen) atoms. The molecule has 1 aliphatic heterocycles. The van der Waals surface area contributed by atoms with Crippen LogP contribution in [0.15, 0.2) is 52.9 Å². The molecule has 4 rings (SSSR count). The molecule has 0 radical (unpaired) electrons. The Morgan fingerprint density at radius 2 is 1.35 bits per heavy atom. The molecular formula is C25H28NNaO4. The predicted molar refractivity (Wildman–Crippen MR) is 111 cm³/mol. The van der Waals surface area contributed by atoms with E-state index in [0.29, 0.717) is 36.8 Å². The second-order valence-corrected chi connectivity index (χ2v) is 10.4. The first kappa shape index (κ1) is 24.0. The Kier molecular flexibility index (Phi) is 6.45. The minimum absolute atomic E-state index is 0. The Labute approximate surface area is 205 Å². The van der Waals surface area contributed by atoms with Crippen molar-refractivity contribution in [3.8, 4) is 0 Å². The molecule has 0 bridgehead atoms. The summed E-state index contributed by atoms with van der Waals surface area (Å²) in [6, 6.07) is 9.65. The third-order valence-corrected chi connectivity index (χ3v) is 6.44. The number of carbonyl (C=O) groups is 3. The Balaban J connectivity index is 0.00000272.